The highest BCUT2D eigenvalue weighted by atomic mass is 35.5. The maximum absolute atomic E-state index is 5.99. The fourth-order valence-electron chi connectivity index (χ4n) is 4.53. The molecule has 33 heavy (non-hydrogen) atoms. The Bertz CT molecular complexity index is 748. The summed E-state index contributed by atoms with van der Waals surface area (Å²) in [6.45, 7) is 14.7. The third kappa shape index (κ3) is 8.52. The van der Waals surface area contributed by atoms with E-state index in [9.17, 15) is 0 Å². The molecular formula is C26H36Cl2N4O. The molecule has 5 nitrogen and oxygen atoms in total. The highest BCUT2D eigenvalue weighted by Crippen LogP contribution is 2.14. The van der Waals surface area contributed by atoms with Crippen molar-refractivity contribution in [1.29, 1.82) is 0 Å². The molecule has 2 fully saturated rings. The van der Waals surface area contributed by atoms with Gasteiger partial charge in [-0.25, -0.2) is 0 Å². The Morgan fingerprint density at radius 2 is 0.848 bits per heavy atom. The summed E-state index contributed by atoms with van der Waals surface area (Å²) in [7, 11) is 0. The van der Waals surface area contributed by atoms with Gasteiger partial charge in [-0.3, -0.25) is 19.6 Å². The van der Waals surface area contributed by atoms with Gasteiger partial charge in [-0.15, -0.1) is 0 Å². The number of hydrogen-bond acceptors (Lipinski definition) is 5. The maximum atomic E-state index is 5.99. The molecule has 0 aliphatic carbocycles. The third-order valence-corrected chi connectivity index (χ3v) is 7.18. The van der Waals surface area contributed by atoms with Crippen LogP contribution in [0.25, 0.3) is 0 Å². The van der Waals surface area contributed by atoms with Gasteiger partial charge < -0.3 is 4.74 Å². The monoisotopic (exact) mass is 490 g/mol. The van der Waals surface area contributed by atoms with Gasteiger partial charge in [0.25, 0.3) is 0 Å². The Morgan fingerprint density at radius 1 is 0.515 bits per heavy atom. The van der Waals surface area contributed by atoms with Crippen LogP contribution in [-0.4, -0.2) is 98.3 Å². The molecule has 2 aromatic carbocycles. The van der Waals surface area contributed by atoms with Crippen LogP contribution in [0.4, 0.5) is 0 Å². The van der Waals surface area contributed by atoms with Gasteiger partial charge >= 0.3 is 0 Å². The average Bonchev–Trinajstić information content (AvgIpc) is 2.84. The van der Waals surface area contributed by atoms with Crippen molar-refractivity contribution >= 4 is 23.2 Å². The summed E-state index contributed by atoms with van der Waals surface area (Å²) in [6, 6.07) is 16.4. The lowest BCUT2D eigenvalue weighted by atomic mass is 10.2. The lowest BCUT2D eigenvalue weighted by Crippen LogP contribution is -2.47. The SMILES string of the molecule is Clc1ccc(CN2CCN(CCOCCN3CCN(Cc4ccc(Cl)cc4)CC3)CC2)cc1. The van der Waals surface area contributed by atoms with E-state index in [2.05, 4.69) is 43.9 Å². The first-order valence-corrected chi connectivity index (χ1v) is 12.9. The van der Waals surface area contributed by atoms with E-state index in [1.54, 1.807) is 0 Å². The number of hydrogen-bond donors (Lipinski definition) is 0. The Balaban J connectivity index is 1.02. The van der Waals surface area contributed by atoms with Crippen LogP contribution >= 0.6 is 23.2 Å². The number of rotatable bonds is 10. The molecule has 0 bridgehead atoms. The molecule has 0 atom stereocenters. The zero-order chi connectivity index (χ0) is 22.9. The minimum absolute atomic E-state index is 0.806. The van der Waals surface area contributed by atoms with Gasteiger partial charge in [0.1, 0.15) is 0 Å². The van der Waals surface area contributed by atoms with Gasteiger partial charge in [-0.2, -0.15) is 0 Å². The van der Waals surface area contributed by atoms with Crippen molar-refractivity contribution in [3.63, 3.8) is 0 Å². The van der Waals surface area contributed by atoms with Crippen molar-refractivity contribution < 1.29 is 4.74 Å². The second-order valence-electron chi connectivity index (χ2n) is 9.10. The Morgan fingerprint density at radius 3 is 1.21 bits per heavy atom. The van der Waals surface area contributed by atoms with Crippen LogP contribution in [0.2, 0.25) is 10.0 Å². The van der Waals surface area contributed by atoms with Gasteiger partial charge in [0.15, 0.2) is 0 Å². The Hall–Kier alpha value is -1.18. The van der Waals surface area contributed by atoms with Gasteiger partial charge in [-0.1, -0.05) is 47.5 Å². The van der Waals surface area contributed by atoms with Crippen LogP contribution < -0.4 is 0 Å². The van der Waals surface area contributed by atoms with Crippen LogP contribution in [0.15, 0.2) is 48.5 Å². The summed E-state index contributed by atoms with van der Waals surface area (Å²) in [5.41, 5.74) is 2.67. The second kappa shape index (κ2) is 13.1. The van der Waals surface area contributed by atoms with E-state index < -0.39 is 0 Å². The first kappa shape index (κ1) is 24.9. The van der Waals surface area contributed by atoms with E-state index in [4.69, 9.17) is 27.9 Å². The van der Waals surface area contributed by atoms with Gasteiger partial charge in [0.05, 0.1) is 13.2 Å². The third-order valence-electron chi connectivity index (χ3n) is 6.67. The summed E-state index contributed by atoms with van der Waals surface area (Å²) < 4.78 is 5.97. The van der Waals surface area contributed by atoms with Crippen molar-refractivity contribution in [2.75, 3.05) is 78.7 Å². The summed E-state index contributed by atoms with van der Waals surface area (Å²) in [6.07, 6.45) is 0. The van der Waals surface area contributed by atoms with Crippen LogP contribution in [-0.2, 0) is 17.8 Å². The molecule has 4 rings (SSSR count). The molecule has 180 valence electrons. The number of nitrogens with zero attached hydrogens (tertiary/aromatic N) is 4. The zero-order valence-corrected chi connectivity index (χ0v) is 21.0. The quantitative estimate of drug-likeness (QED) is 0.469. The van der Waals surface area contributed by atoms with E-state index in [1.165, 1.54) is 11.1 Å². The summed E-state index contributed by atoms with van der Waals surface area (Å²) >= 11 is 12.0. The van der Waals surface area contributed by atoms with Crippen LogP contribution in [0.1, 0.15) is 11.1 Å². The molecular weight excluding hydrogens is 455 g/mol. The molecule has 0 N–H and O–H groups in total. The van der Waals surface area contributed by atoms with Crippen molar-refractivity contribution in [3.05, 3.63) is 69.7 Å². The molecule has 0 saturated carbocycles. The predicted molar refractivity (Wildman–Crippen MR) is 137 cm³/mol. The lowest BCUT2D eigenvalue weighted by molar-refractivity contribution is 0.0510. The van der Waals surface area contributed by atoms with Crippen molar-refractivity contribution in [2.45, 2.75) is 13.1 Å². The Labute approximate surface area is 208 Å². The summed E-state index contributed by atoms with van der Waals surface area (Å²) in [4.78, 5) is 10.1. The van der Waals surface area contributed by atoms with Gasteiger partial charge in [0.2, 0.25) is 0 Å². The molecule has 0 spiro atoms. The van der Waals surface area contributed by atoms with E-state index in [0.717, 1.165) is 102 Å². The van der Waals surface area contributed by atoms with Crippen molar-refractivity contribution in [2.24, 2.45) is 0 Å². The molecule has 7 heteroatoms. The van der Waals surface area contributed by atoms with Gasteiger partial charge in [0, 0.05) is 88.6 Å². The van der Waals surface area contributed by atoms with E-state index in [0.29, 0.717) is 0 Å². The molecule has 0 aromatic heterocycles. The molecule has 2 saturated heterocycles. The van der Waals surface area contributed by atoms with Crippen molar-refractivity contribution in [3.8, 4) is 0 Å². The molecule has 2 aromatic rings. The highest BCUT2D eigenvalue weighted by molar-refractivity contribution is 6.30. The summed E-state index contributed by atoms with van der Waals surface area (Å²) in [5, 5.41) is 1.61. The molecule has 2 heterocycles. The average molecular weight is 492 g/mol. The van der Waals surface area contributed by atoms with E-state index in [-0.39, 0.29) is 0 Å². The Kier molecular flexibility index (Phi) is 9.86. The van der Waals surface area contributed by atoms with Crippen LogP contribution in [0.3, 0.4) is 0 Å². The first-order chi connectivity index (χ1) is 16.1. The molecule has 0 amide bonds. The topological polar surface area (TPSA) is 22.2 Å². The normalized spacial score (nSPS) is 19.2. The minimum Gasteiger partial charge on any atom is -0.379 e. The van der Waals surface area contributed by atoms with E-state index in [1.807, 2.05) is 24.3 Å². The first-order valence-electron chi connectivity index (χ1n) is 12.1. The smallest absolute Gasteiger partial charge is 0.0594 e. The number of benzene rings is 2. The largest absolute Gasteiger partial charge is 0.379 e. The fraction of sp³-hybridized carbons (Fsp3) is 0.538. The number of ether oxygens (including phenoxy) is 1. The number of piperazine rings is 2. The van der Waals surface area contributed by atoms with Gasteiger partial charge in [-0.05, 0) is 35.4 Å². The number of halogens is 2. The highest BCUT2D eigenvalue weighted by Gasteiger charge is 2.18. The maximum Gasteiger partial charge on any atom is 0.0594 e. The molecule has 0 unspecified atom stereocenters. The van der Waals surface area contributed by atoms with E-state index >= 15 is 0 Å². The summed E-state index contributed by atoms with van der Waals surface area (Å²) in [5.74, 6) is 0. The molecule has 0 radical (unpaired) electrons. The van der Waals surface area contributed by atoms with Crippen molar-refractivity contribution in [1.82, 2.24) is 19.6 Å². The zero-order valence-electron chi connectivity index (χ0n) is 19.5. The fourth-order valence-corrected chi connectivity index (χ4v) is 4.78. The molecule has 2 aliphatic heterocycles. The lowest BCUT2D eigenvalue weighted by Gasteiger charge is -2.35. The minimum atomic E-state index is 0.806. The van der Waals surface area contributed by atoms with Crippen LogP contribution in [0, 0.1) is 0 Å². The standard InChI is InChI=1S/C26H36Cl2N4O/c27-25-5-1-23(2-6-25)21-31-13-9-29(10-14-31)17-19-33-20-18-30-11-15-32(16-12-30)22-24-3-7-26(28)8-4-24/h1-8H,9-22H2. The molecule has 2 aliphatic rings. The van der Waals surface area contributed by atoms with Crippen LogP contribution in [0.5, 0.6) is 0 Å². The second-order valence-corrected chi connectivity index (χ2v) is 9.97. The predicted octanol–water partition coefficient (Wildman–Crippen LogP) is 3.95.